The molecule has 1 rings (SSSR count). The minimum Gasteiger partial charge on any atom is -0.390 e. The first-order valence-electron chi connectivity index (χ1n) is 16.1. The lowest BCUT2D eigenvalue weighted by molar-refractivity contribution is -0.128. The highest BCUT2D eigenvalue weighted by atomic mass is 16.3. The van der Waals surface area contributed by atoms with E-state index in [9.17, 15) is 24.6 Å². The molecule has 0 aliphatic rings. The molecule has 3 amide bonds. The van der Waals surface area contributed by atoms with Crippen molar-refractivity contribution >= 4 is 17.7 Å². The number of pyridine rings is 1. The number of aliphatic hydroxyl groups is 2. The van der Waals surface area contributed by atoms with Crippen molar-refractivity contribution in [3.63, 3.8) is 0 Å². The highest BCUT2D eigenvalue weighted by molar-refractivity contribution is 5.97. The van der Waals surface area contributed by atoms with Crippen molar-refractivity contribution < 1.29 is 24.6 Å². The molecule has 1 unspecified atom stereocenters. The van der Waals surface area contributed by atoms with Gasteiger partial charge in [0, 0.05) is 25.4 Å². The van der Waals surface area contributed by atoms with Gasteiger partial charge < -0.3 is 26.2 Å². The molecule has 1 aromatic rings. The third-order valence-electron chi connectivity index (χ3n) is 7.78. The topological polar surface area (TPSA) is 141 Å². The largest absolute Gasteiger partial charge is 0.390 e. The second-order valence-electron chi connectivity index (χ2n) is 12.6. The lowest BCUT2D eigenvalue weighted by Gasteiger charge is -2.34. The normalized spacial score (nSPS) is 15.2. The molecule has 0 aliphatic carbocycles. The first-order valence-corrected chi connectivity index (χ1v) is 16.1. The van der Waals surface area contributed by atoms with Gasteiger partial charge in [-0.2, -0.15) is 0 Å². The standard InChI is InChI=1S/C33H58N4O5/c1-8-12-24(13-9-2)15-16-27(36-32(41)26-14-11-17-34-21-26)33(42)37-28(18-22(4)5)31(40)30(39)25(10-3)19-29(38)35-20-23(6)7/h11,14,17,21-25,27-28,30-31,39-40H,8-10,12-13,15-16,18-20H2,1-7H3,(H,35,38)(H,36,41)(H,37,42)/t25-,27?,28+,30-,31-/m1/s1. The summed E-state index contributed by atoms with van der Waals surface area (Å²) in [6, 6.07) is 1.77. The van der Waals surface area contributed by atoms with E-state index in [-0.39, 0.29) is 24.2 Å². The summed E-state index contributed by atoms with van der Waals surface area (Å²) in [5, 5.41) is 31.2. The van der Waals surface area contributed by atoms with E-state index in [2.05, 4.69) is 34.8 Å². The summed E-state index contributed by atoms with van der Waals surface area (Å²) in [5.41, 5.74) is 0.365. The Morgan fingerprint density at radius 1 is 0.881 bits per heavy atom. The lowest BCUT2D eigenvalue weighted by Crippen LogP contribution is -2.56. The monoisotopic (exact) mass is 590 g/mol. The SMILES string of the molecule is CCCC(CCC)CCC(NC(=O)c1cccnc1)C(=O)N[C@@H](CC(C)C)[C@@H](O)[C@H](O)[C@H](CC)CC(=O)NCC(C)C. The Kier molecular flexibility index (Phi) is 18.2. The van der Waals surface area contributed by atoms with Crippen LogP contribution in [-0.4, -0.2) is 63.8 Å². The van der Waals surface area contributed by atoms with Gasteiger partial charge in [0.25, 0.3) is 5.91 Å². The Morgan fingerprint density at radius 3 is 2.07 bits per heavy atom. The molecule has 0 bridgehead atoms. The van der Waals surface area contributed by atoms with Crippen LogP contribution in [0.15, 0.2) is 24.5 Å². The quantitative estimate of drug-likeness (QED) is 0.142. The number of hydrogen-bond donors (Lipinski definition) is 5. The van der Waals surface area contributed by atoms with Crippen LogP contribution in [0.2, 0.25) is 0 Å². The van der Waals surface area contributed by atoms with Gasteiger partial charge in [-0.15, -0.1) is 0 Å². The maximum absolute atomic E-state index is 13.7. The molecule has 0 saturated heterocycles. The van der Waals surface area contributed by atoms with Crippen molar-refractivity contribution in [3.8, 4) is 0 Å². The van der Waals surface area contributed by atoms with Gasteiger partial charge in [-0.1, -0.05) is 80.6 Å². The number of nitrogens with zero attached hydrogens (tertiary/aromatic N) is 1. The van der Waals surface area contributed by atoms with Crippen LogP contribution in [0.25, 0.3) is 0 Å². The highest BCUT2D eigenvalue weighted by Crippen LogP contribution is 2.23. The van der Waals surface area contributed by atoms with Gasteiger partial charge in [0.05, 0.1) is 17.7 Å². The van der Waals surface area contributed by atoms with Crippen LogP contribution in [0.5, 0.6) is 0 Å². The van der Waals surface area contributed by atoms with E-state index >= 15 is 0 Å². The average molecular weight is 591 g/mol. The fraction of sp³-hybridized carbons (Fsp3) is 0.758. The number of aliphatic hydroxyl groups excluding tert-OH is 2. The molecule has 9 nitrogen and oxygen atoms in total. The Hall–Kier alpha value is -2.52. The Morgan fingerprint density at radius 2 is 1.55 bits per heavy atom. The Balaban J connectivity index is 3.12. The second-order valence-corrected chi connectivity index (χ2v) is 12.6. The number of rotatable bonds is 21. The molecule has 5 N–H and O–H groups in total. The molecule has 5 atom stereocenters. The van der Waals surface area contributed by atoms with Crippen LogP contribution in [0, 0.1) is 23.7 Å². The maximum atomic E-state index is 13.7. The van der Waals surface area contributed by atoms with Gasteiger partial charge in [0.15, 0.2) is 0 Å². The van der Waals surface area contributed by atoms with Gasteiger partial charge in [-0.3, -0.25) is 19.4 Å². The fourth-order valence-corrected chi connectivity index (χ4v) is 5.39. The van der Waals surface area contributed by atoms with Crippen molar-refractivity contribution in [3.05, 3.63) is 30.1 Å². The number of amides is 3. The minimum atomic E-state index is -1.28. The summed E-state index contributed by atoms with van der Waals surface area (Å²) in [5.74, 6) is -0.531. The molecular formula is C33H58N4O5. The predicted octanol–water partition coefficient (Wildman–Crippen LogP) is 4.62. The molecule has 1 heterocycles. The Labute approximate surface area is 254 Å². The van der Waals surface area contributed by atoms with Crippen LogP contribution in [0.4, 0.5) is 0 Å². The van der Waals surface area contributed by atoms with E-state index in [1.807, 2.05) is 34.6 Å². The Bertz CT molecular complexity index is 905. The summed E-state index contributed by atoms with van der Waals surface area (Å²) < 4.78 is 0. The smallest absolute Gasteiger partial charge is 0.253 e. The maximum Gasteiger partial charge on any atom is 0.253 e. The van der Waals surface area contributed by atoms with Crippen LogP contribution in [-0.2, 0) is 9.59 Å². The van der Waals surface area contributed by atoms with Crippen molar-refractivity contribution in [2.75, 3.05) is 6.54 Å². The molecule has 1 aromatic heterocycles. The number of aromatic nitrogens is 1. The third-order valence-corrected chi connectivity index (χ3v) is 7.78. The lowest BCUT2D eigenvalue weighted by atomic mass is 9.86. The zero-order valence-electron chi connectivity index (χ0n) is 27.1. The van der Waals surface area contributed by atoms with E-state index in [1.54, 1.807) is 18.3 Å². The molecule has 0 aromatic carbocycles. The highest BCUT2D eigenvalue weighted by Gasteiger charge is 2.35. The predicted molar refractivity (Wildman–Crippen MR) is 168 cm³/mol. The molecule has 0 radical (unpaired) electrons. The third kappa shape index (κ3) is 14.1. The van der Waals surface area contributed by atoms with E-state index in [4.69, 9.17) is 0 Å². The first kappa shape index (κ1) is 37.5. The fourth-order valence-electron chi connectivity index (χ4n) is 5.39. The van der Waals surface area contributed by atoms with Crippen LogP contribution >= 0.6 is 0 Å². The number of nitrogens with one attached hydrogen (secondary N) is 3. The summed E-state index contributed by atoms with van der Waals surface area (Å²) >= 11 is 0. The van der Waals surface area contributed by atoms with Crippen LogP contribution in [0.3, 0.4) is 0 Å². The van der Waals surface area contributed by atoms with E-state index in [0.717, 1.165) is 32.1 Å². The zero-order chi connectivity index (χ0) is 31.7. The van der Waals surface area contributed by atoms with E-state index < -0.39 is 36.1 Å². The summed E-state index contributed by atoms with van der Waals surface area (Å²) in [4.78, 5) is 43.3. The summed E-state index contributed by atoms with van der Waals surface area (Å²) in [7, 11) is 0. The number of hydrogen-bond acceptors (Lipinski definition) is 6. The molecule has 42 heavy (non-hydrogen) atoms. The summed E-state index contributed by atoms with van der Waals surface area (Å²) in [6.07, 6.45) is 7.05. The molecule has 240 valence electrons. The van der Waals surface area contributed by atoms with Gasteiger partial charge in [-0.05, 0) is 55.1 Å². The minimum absolute atomic E-state index is 0.0871. The van der Waals surface area contributed by atoms with Gasteiger partial charge >= 0.3 is 0 Å². The first-order chi connectivity index (χ1) is 19.9. The molecule has 0 aliphatic heterocycles. The van der Waals surface area contributed by atoms with Crippen LogP contribution in [0.1, 0.15) is 117 Å². The van der Waals surface area contributed by atoms with Crippen molar-refractivity contribution in [2.24, 2.45) is 23.7 Å². The van der Waals surface area contributed by atoms with Crippen LogP contribution < -0.4 is 16.0 Å². The molecule has 9 heteroatoms. The molecule has 0 saturated carbocycles. The zero-order valence-corrected chi connectivity index (χ0v) is 27.1. The number of carbonyl (C=O) groups is 3. The van der Waals surface area contributed by atoms with Crippen molar-refractivity contribution in [1.82, 2.24) is 20.9 Å². The molecule has 0 fully saturated rings. The van der Waals surface area contributed by atoms with Gasteiger partial charge in [-0.25, -0.2) is 0 Å². The molecule has 0 spiro atoms. The van der Waals surface area contributed by atoms with E-state index in [0.29, 0.717) is 43.2 Å². The number of carbonyl (C=O) groups excluding carboxylic acids is 3. The van der Waals surface area contributed by atoms with Crippen molar-refractivity contribution in [1.29, 1.82) is 0 Å². The van der Waals surface area contributed by atoms with Crippen molar-refractivity contribution in [2.45, 2.75) is 131 Å². The van der Waals surface area contributed by atoms with Gasteiger partial charge in [0.2, 0.25) is 11.8 Å². The van der Waals surface area contributed by atoms with E-state index in [1.165, 1.54) is 6.20 Å². The average Bonchev–Trinajstić information content (AvgIpc) is 2.95. The second kappa shape index (κ2) is 20.4. The molecular weight excluding hydrogens is 532 g/mol. The van der Waals surface area contributed by atoms with Gasteiger partial charge in [0.1, 0.15) is 12.1 Å². The summed E-state index contributed by atoms with van der Waals surface area (Å²) in [6.45, 7) is 14.7.